The molecule has 0 bridgehead atoms. The summed E-state index contributed by atoms with van der Waals surface area (Å²) in [6.45, 7) is 25.7. The van der Waals surface area contributed by atoms with Crippen molar-refractivity contribution in [2.24, 2.45) is 23.3 Å². The zero-order valence-electron chi connectivity index (χ0n) is 33.3. The molecule has 4 rings (SSSR count). The van der Waals surface area contributed by atoms with Crippen LogP contribution >= 0.6 is 0 Å². The lowest BCUT2D eigenvalue weighted by Gasteiger charge is -2.39. The molecule has 9 heteroatoms. The molecule has 52 heavy (non-hydrogen) atoms. The van der Waals surface area contributed by atoms with Crippen molar-refractivity contribution in [3.63, 3.8) is 0 Å². The van der Waals surface area contributed by atoms with Gasteiger partial charge in [0.25, 0.3) is 0 Å². The molecule has 1 saturated heterocycles. The van der Waals surface area contributed by atoms with Crippen molar-refractivity contribution in [2.45, 2.75) is 87.1 Å². The summed E-state index contributed by atoms with van der Waals surface area (Å²) >= 11 is 0. The van der Waals surface area contributed by atoms with Crippen molar-refractivity contribution in [1.82, 2.24) is 20.5 Å². The van der Waals surface area contributed by atoms with E-state index in [0.717, 1.165) is 67.7 Å². The van der Waals surface area contributed by atoms with E-state index in [1.54, 1.807) is 20.2 Å². The molecule has 1 saturated carbocycles. The van der Waals surface area contributed by atoms with Gasteiger partial charge >= 0.3 is 0 Å². The van der Waals surface area contributed by atoms with Crippen LogP contribution in [0.25, 0.3) is 5.57 Å². The van der Waals surface area contributed by atoms with Crippen molar-refractivity contribution in [2.75, 3.05) is 32.6 Å². The molecule has 9 nitrogen and oxygen atoms in total. The maximum atomic E-state index is 12.3. The van der Waals surface area contributed by atoms with Crippen molar-refractivity contribution in [3.8, 4) is 5.75 Å². The number of allylic oxidation sites excluding steroid dienone is 5. The highest BCUT2D eigenvalue weighted by atomic mass is 16.5. The van der Waals surface area contributed by atoms with Gasteiger partial charge in [0.1, 0.15) is 11.6 Å². The number of amides is 1. The van der Waals surface area contributed by atoms with Gasteiger partial charge in [0.15, 0.2) is 0 Å². The first kappa shape index (κ1) is 43.4. The zero-order chi connectivity index (χ0) is 38.8. The second-order valence-corrected chi connectivity index (χ2v) is 13.1. The van der Waals surface area contributed by atoms with E-state index in [2.05, 4.69) is 91.0 Å². The van der Waals surface area contributed by atoms with Crippen LogP contribution in [0.4, 0.5) is 5.69 Å². The largest absolute Gasteiger partial charge is 0.494 e. The summed E-state index contributed by atoms with van der Waals surface area (Å²) in [6.07, 6.45) is 14.9. The van der Waals surface area contributed by atoms with Gasteiger partial charge in [-0.2, -0.15) is 0 Å². The van der Waals surface area contributed by atoms with E-state index in [1.165, 1.54) is 17.6 Å². The van der Waals surface area contributed by atoms with Crippen molar-refractivity contribution < 1.29 is 9.53 Å². The lowest BCUT2D eigenvalue weighted by Crippen LogP contribution is -2.46. The summed E-state index contributed by atoms with van der Waals surface area (Å²) in [7, 11) is 3.38. The molecule has 7 N–H and O–H groups in total. The van der Waals surface area contributed by atoms with Crippen LogP contribution in [0, 0.1) is 18.8 Å². The Hall–Kier alpha value is -4.76. The average Bonchev–Trinajstić information content (AvgIpc) is 3.97. The number of nitrogens with one attached hydrogen (secondary N) is 3. The van der Waals surface area contributed by atoms with E-state index in [0.29, 0.717) is 34.4 Å². The zero-order valence-corrected chi connectivity index (χ0v) is 33.3. The number of nitrogens with zero attached hydrogens (tertiary/aromatic N) is 2. The Kier molecular flexibility index (Phi) is 18.6. The third-order valence-electron chi connectivity index (χ3n) is 8.71. The van der Waals surface area contributed by atoms with E-state index in [-0.39, 0.29) is 17.6 Å². The van der Waals surface area contributed by atoms with Crippen molar-refractivity contribution >= 4 is 17.2 Å². The molecule has 0 radical (unpaired) electrons. The van der Waals surface area contributed by atoms with E-state index < -0.39 is 0 Å². The summed E-state index contributed by atoms with van der Waals surface area (Å²) in [4.78, 5) is 19.4. The average molecular weight is 712 g/mol. The fourth-order valence-corrected chi connectivity index (χ4v) is 5.64. The van der Waals surface area contributed by atoms with Crippen LogP contribution in [0.3, 0.4) is 0 Å². The summed E-state index contributed by atoms with van der Waals surface area (Å²) in [5.41, 5.74) is 21.4. The summed E-state index contributed by atoms with van der Waals surface area (Å²) in [5.74, 6) is 1.23. The van der Waals surface area contributed by atoms with Crippen LogP contribution in [0.1, 0.15) is 89.6 Å². The van der Waals surface area contributed by atoms with Gasteiger partial charge in [-0.3, -0.25) is 14.7 Å². The Balaban J connectivity index is 0.00000178. The van der Waals surface area contributed by atoms with Crippen molar-refractivity contribution in [1.29, 1.82) is 0 Å². The number of rotatable bonds is 16. The number of hydrogen-bond acceptors (Lipinski definition) is 8. The van der Waals surface area contributed by atoms with Gasteiger partial charge in [0, 0.05) is 56.4 Å². The number of carbonyl (C=O) groups excluding carboxylic acids is 1. The summed E-state index contributed by atoms with van der Waals surface area (Å²) in [6, 6.07) is 8.29. The highest BCUT2D eigenvalue weighted by Crippen LogP contribution is 2.38. The number of methoxy groups -OCH3 is 1. The highest BCUT2D eigenvalue weighted by Gasteiger charge is 2.30. The van der Waals surface area contributed by atoms with Crippen LogP contribution in [0.15, 0.2) is 96.4 Å². The topological polar surface area (TPSA) is 131 Å². The Morgan fingerprint density at radius 3 is 2.35 bits per heavy atom. The minimum absolute atomic E-state index is 0.0159. The van der Waals surface area contributed by atoms with E-state index >= 15 is 0 Å². The number of nitrogens with two attached hydrogens (primary N) is 2. The number of likely N-dealkylation sites (tertiary alicyclic amines) is 1. The summed E-state index contributed by atoms with van der Waals surface area (Å²) in [5, 5.41) is 9.12. The molecule has 1 aromatic carbocycles. The van der Waals surface area contributed by atoms with Crippen LogP contribution in [-0.2, 0) is 17.8 Å². The van der Waals surface area contributed by atoms with E-state index in [4.69, 9.17) is 16.2 Å². The SMILES string of the molecule is C=C/C(=C\C=C(/C)C1CN(Cc2cc(CCC)ccn2)C1)c1c(C)ccc(NC(/C=C(\N)NC(=O)C2CC2)=C(/N)C(=C)NC)c1OC.CC.CCC. The first-order chi connectivity index (χ1) is 25.0. The Labute approximate surface area is 314 Å². The lowest BCUT2D eigenvalue weighted by molar-refractivity contribution is -0.121. The number of carbonyl (C=O) groups is 1. The molecule has 2 aliphatic rings. The van der Waals surface area contributed by atoms with E-state index in [9.17, 15) is 4.79 Å². The minimum atomic E-state index is -0.0905. The molecule has 2 heterocycles. The number of likely N-dealkylation sites (N-methyl/N-ethyl adjacent to an activating group) is 1. The van der Waals surface area contributed by atoms with Gasteiger partial charge in [0.2, 0.25) is 5.91 Å². The predicted molar refractivity (Wildman–Crippen MR) is 220 cm³/mol. The molecular weight excluding hydrogens is 647 g/mol. The lowest BCUT2D eigenvalue weighted by atomic mass is 9.90. The molecule has 284 valence electrons. The maximum Gasteiger partial charge on any atom is 0.228 e. The molecule has 2 aromatic rings. The van der Waals surface area contributed by atoms with Gasteiger partial charge in [-0.15, -0.1) is 0 Å². The summed E-state index contributed by atoms with van der Waals surface area (Å²) < 4.78 is 5.99. The van der Waals surface area contributed by atoms with Gasteiger partial charge in [-0.1, -0.05) is 90.5 Å². The molecule has 1 aliphatic heterocycles. The van der Waals surface area contributed by atoms with Crippen LogP contribution < -0.4 is 32.2 Å². The van der Waals surface area contributed by atoms with Gasteiger partial charge < -0.3 is 32.2 Å². The smallest absolute Gasteiger partial charge is 0.228 e. The van der Waals surface area contributed by atoms with Gasteiger partial charge in [-0.05, 0) is 68.0 Å². The quantitative estimate of drug-likeness (QED) is 0.111. The second-order valence-electron chi connectivity index (χ2n) is 13.1. The number of hydrogen-bond donors (Lipinski definition) is 5. The van der Waals surface area contributed by atoms with Crippen LogP contribution in [0.5, 0.6) is 5.75 Å². The molecule has 0 atom stereocenters. The van der Waals surface area contributed by atoms with Gasteiger partial charge in [-0.25, -0.2) is 0 Å². The standard InChI is InChI=1S/C38H51N7O2.C3H8.C2H6/c1-8-10-27-17-18-42-31(19-27)23-45-21-30(22-45)24(3)11-13-28(9-2)35-25(4)12-16-32(37(35)47-7)43-33(36(40)26(5)41-6)20-34(39)44-38(46)29-14-15-29;1-3-2;1-2/h9,11-13,16-20,29-30,41,43H,2,5,8,10,14-15,21-23,39-40H2,1,3-4,6-7H3,(H,44,46);3H2,1-2H3;1-2H3/b24-11+,28-13+,34-20+,36-33+;;. The molecular formula is C43H65N7O2. The number of ether oxygens (including phenoxy) is 1. The Bertz CT molecular complexity index is 1630. The Morgan fingerprint density at radius 2 is 1.77 bits per heavy atom. The molecule has 1 aliphatic carbocycles. The molecule has 0 unspecified atom stereocenters. The first-order valence-corrected chi connectivity index (χ1v) is 18.8. The fourth-order valence-electron chi connectivity index (χ4n) is 5.64. The number of pyridine rings is 1. The maximum absolute atomic E-state index is 12.3. The van der Waals surface area contributed by atoms with E-state index in [1.807, 2.05) is 45.2 Å². The minimum Gasteiger partial charge on any atom is -0.494 e. The molecule has 1 amide bonds. The predicted octanol–water partition coefficient (Wildman–Crippen LogP) is 8.08. The van der Waals surface area contributed by atoms with Crippen LogP contribution in [0.2, 0.25) is 0 Å². The molecule has 0 spiro atoms. The number of anilines is 1. The third-order valence-corrected chi connectivity index (χ3v) is 8.71. The first-order valence-electron chi connectivity index (χ1n) is 18.8. The normalized spacial score (nSPS) is 15.4. The monoisotopic (exact) mass is 712 g/mol. The molecule has 2 fully saturated rings. The number of aryl methyl sites for hydroxylation is 2. The molecule has 1 aromatic heterocycles. The number of benzene rings is 1. The van der Waals surface area contributed by atoms with Crippen molar-refractivity contribution in [3.05, 3.63) is 119 Å². The van der Waals surface area contributed by atoms with Gasteiger partial charge in [0.05, 0.1) is 35.6 Å². The van der Waals surface area contributed by atoms with Crippen LogP contribution in [-0.4, -0.2) is 43.0 Å². The fraction of sp³-hybridized carbons (Fsp3) is 0.442. The third kappa shape index (κ3) is 12.8. The number of aromatic nitrogens is 1. The highest BCUT2D eigenvalue weighted by molar-refractivity contribution is 5.85. The Morgan fingerprint density at radius 1 is 1.10 bits per heavy atom. The second kappa shape index (κ2) is 22.2.